The van der Waals surface area contributed by atoms with Crippen molar-refractivity contribution in [1.82, 2.24) is 0 Å². The Kier molecular flexibility index (Phi) is 8.61. The Morgan fingerprint density at radius 3 is 2.41 bits per heavy atom. The molecule has 0 fully saturated rings. The molecule has 2 aromatic rings. The first kappa shape index (κ1) is 22.4. The highest BCUT2D eigenvalue weighted by atomic mass is 35.5. The van der Waals surface area contributed by atoms with Crippen LogP contribution < -0.4 is 19.5 Å². The maximum atomic E-state index is 12.3. The van der Waals surface area contributed by atoms with Gasteiger partial charge in [-0.3, -0.25) is 4.79 Å². The van der Waals surface area contributed by atoms with Crippen LogP contribution in [0.4, 0.5) is 5.69 Å². The lowest BCUT2D eigenvalue weighted by Gasteiger charge is -2.16. The number of nitrogens with one attached hydrogen (secondary N) is 1. The van der Waals surface area contributed by atoms with E-state index in [0.717, 1.165) is 6.42 Å². The van der Waals surface area contributed by atoms with Gasteiger partial charge >= 0.3 is 5.97 Å². The van der Waals surface area contributed by atoms with E-state index in [0.29, 0.717) is 34.6 Å². The zero-order valence-corrected chi connectivity index (χ0v) is 17.3. The number of carbonyl (C=O) groups is 2. The predicted octanol–water partition coefficient (Wildman–Crippen LogP) is 4.09. The van der Waals surface area contributed by atoms with Gasteiger partial charge in [-0.25, -0.2) is 4.79 Å². The van der Waals surface area contributed by atoms with E-state index in [2.05, 4.69) is 5.32 Å². The van der Waals surface area contributed by atoms with Crippen molar-refractivity contribution in [3.63, 3.8) is 0 Å². The molecule has 0 heterocycles. The van der Waals surface area contributed by atoms with E-state index >= 15 is 0 Å². The van der Waals surface area contributed by atoms with Crippen LogP contribution in [-0.4, -0.2) is 38.3 Å². The van der Waals surface area contributed by atoms with Gasteiger partial charge in [0.15, 0.2) is 24.2 Å². The van der Waals surface area contributed by atoms with E-state index in [1.807, 2.05) is 13.0 Å². The molecule has 0 saturated heterocycles. The average molecular weight is 422 g/mol. The molecular formula is C21H24ClNO6. The number of anilines is 1. The molecule has 29 heavy (non-hydrogen) atoms. The van der Waals surface area contributed by atoms with Crippen molar-refractivity contribution < 1.29 is 28.5 Å². The van der Waals surface area contributed by atoms with E-state index < -0.39 is 18.0 Å². The third-order valence-corrected chi connectivity index (χ3v) is 3.99. The van der Waals surface area contributed by atoms with Gasteiger partial charge < -0.3 is 24.3 Å². The quantitative estimate of drug-likeness (QED) is 0.582. The van der Waals surface area contributed by atoms with Crippen molar-refractivity contribution in [1.29, 1.82) is 0 Å². The molecule has 1 N–H and O–H groups in total. The summed E-state index contributed by atoms with van der Waals surface area (Å²) in [5.41, 5.74) is 0.381. The molecule has 0 bridgehead atoms. The Bertz CT molecular complexity index is 842. The highest BCUT2D eigenvalue weighted by molar-refractivity contribution is 6.31. The molecular weight excluding hydrogens is 398 g/mol. The summed E-state index contributed by atoms with van der Waals surface area (Å²) >= 11 is 5.95. The molecule has 1 atom stereocenters. The number of rotatable bonds is 10. The summed E-state index contributed by atoms with van der Waals surface area (Å²) in [6.45, 7) is 3.63. The number of hydrogen-bond acceptors (Lipinski definition) is 6. The third kappa shape index (κ3) is 6.87. The molecule has 0 aliphatic heterocycles. The Morgan fingerprint density at radius 1 is 1.07 bits per heavy atom. The lowest BCUT2D eigenvalue weighted by atomic mass is 10.2. The number of hydrogen-bond donors (Lipinski definition) is 1. The zero-order valence-electron chi connectivity index (χ0n) is 16.6. The summed E-state index contributed by atoms with van der Waals surface area (Å²) in [6.07, 6.45) is -0.193. The summed E-state index contributed by atoms with van der Waals surface area (Å²) in [5.74, 6) is 0.203. The van der Waals surface area contributed by atoms with Crippen LogP contribution in [-0.2, 0) is 14.3 Å². The SMILES string of the molecule is CCCOc1ccccc1OCC(=O)O[C@@H](C)C(=O)Nc1cc(Cl)ccc1OC. The zero-order chi connectivity index (χ0) is 21.2. The van der Waals surface area contributed by atoms with Gasteiger partial charge in [0.25, 0.3) is 5.91 Å². The predicted molar refractivity (Wildman–Crippen MR) is 110 cm³/mol. The number of para-hydroxylation sites is 2. The van der Waals surface area contributed by atoms with Gasteiger partial charge in [-0.1, -0.05) is 30.7 Å². The van der Waals surface area contributed by atoms with Crippen LogP contribution in [0, 0.1) is 0 Å². The molecule has 1 amide bonds. The van der Waals surface area contributed by atoms with E-state index in [1.165, 1.54) is 14.0 Å². The minimum absolute atomic E-state index is 0.357. The first-order valence-electron chi connectivity index (χ1n) is 9.13. The number of esters is 1. The highest BCUT2D eigenvalue weighted by Crippen LogP contribution is 2.28. The van der Waals surface area contributed by atoms with Gasteiger partial charge in [0.2, 0.25) is 0 Å². The summed E-state index contributed by atoms with van der Waals surface area (Å²) < 4.78 is 21.4. The first-order valence-corrected chi connectivity index (χ1v) is 9.51. The van der Waals surface area contributed by atoms with E-state index in [9.17, 15) is 9.59 Å². The van der Waals surface area contributed by atoms with Gasteiger partial charge in [0, 0.05) is 5.02 Å². The minimum Gasteiger partial charge on any atom is -0.495 e. The van der Waals surface area contributed by atoms with Crippen LogP contribution in [0.1, 0.15) is 20.3 Å². The second-order valence-corrected chi connectivity index (χ2v) is 6.49. The number of ether oxygens (including phenoxy) is 4. The number of halogens is 1. The van der Waals surface area contributed by atoms with E-state index in [4.69, 9.17) is 30.5 Å². The lowest BCUT2D eigenvalue weighted by Crippen LogP contribution is -2.31. The normalized spacial score (nSPS) is 11.3. The lowest BCUT2D eigenvalue weighted by molar-refractivity contribution is -0.155. The second kappa shape index (κ2) is 11.2. The molecule has 0 aliphatic carbocycles. The molecule has 8 heteroatoms. The van der Waals surface area contributed by atoms with Gasteiger partial charge in [0.05, 0.1) is 19.4 Å². The maximum absolute atomic E-state index is 12.3. The Hall–Kier alpha value is -2.93. The summed E-state index contributed by atoms with van der Waals surface area (Å²) in [4.78, 5) is 24.4. The number of amides is 1. The Labute approximate surface area is 174 Å². The molecule has 0 aromatic heterocycles. The molecule has 2 rings (SSSR count). The van der Waals surface area contributed by atoms with Crippen LogP contribution in [0.3, 0.4) is 0 Å². The Balaban J connectivity index is 1.89. The van der Waals surface area contributed by atoms with Crippen LogP contribution in [0.5, 0.6) is 17.2 Å². The van der Waals surface area contributed by atoms with Crippen molar-refractivity contribution in [2.75, 3.05) is 25.6 Å². The van der Waals surface area contributed by atoms with E-state index in [1.54, 1.807) is 36.4 Å². The minimum atomic E-state index is -1.04. The summed E-state index contributed by atoms with van der Waals surface area (Å²) in [7, 11) is 1.47. The first-order chi connectivity index (χ1) is 13.9. The third-order valence-electron chi connectivity index (χ3n) is 3.75. The van der Waals surface area contributed by atoms with Gasteiger partial charge in [0.1, 0.15) is 5.75 Å². The second-order valence-electron chi connectivity index (χ2n) is 6.05. The van der Waals surface area contributed by atoms with Gasteiger partial charge in [-0.05, 0) is 43.7 Å². The summed E-state index contributed by atoms with van der Waals surface area (Å²) in [6, 6.07) is 11.8. The fraction of sp³-hybridized carbons (Fsp3) is 0.333. The van der Waals surface area contributed by atoms with Crippen LogP contribution >= 0.6 is 11.6 Å². The molecule has 7 nitrogen and oxygen atoms in total. The number of methoxy groups -OCH3 is 1. The van der Waals surface area contributed by atoms with Gasteiger partial charge in [-0.2, -0.15) is 0 Å². The van der Waals surface area contributed by atoms with Crippen molar-refractivity contribution in [2.45, 2.75) is 26.4 Å². The maximum Gasteiger partial charge on any atom is 0.344 e. The standard InChI is InChI=1S/C21H24ClNO6/c1-4-11-27-18-7-5-6-8-19(18)28-13-20(24)29-14(2)21(25)23-16-12-15(22)9-10-17(16)26-3/h5-10,12,14H,4,11,13H2,1-3H3,(H,23,25)/t14-/m0/s1. The van der Waals surface area contributed by atoms with Crippen LogP contribution in [0.25, 0.3) is 0 Å². The molecule has 0 spiro atoms. The summed E-state index contributed by atoms with van der Waals surface area (Å²) in [5, 5.41) is 3.06. The van der Waals surface area contributed by atoms with Gasteiger partial charge in [-0.15, -0.1) is 0 Å². The molecule has 0 radical (unpaired) electrons. The van der Waals surface area contributed by atoms with E-state index in [-0.39, 0.29) is 6.61 Å². The number of benzene rings is 2. The highest BCUT2D eigenvalue weighted by Gasteiger charge is 2.20. The topological polar surface area (TPSA) is 83.1 Å². The molecule has 0 saturated carbocycles. The van der Waals surface area contributed by atoms with Crippen molar-refractivity contribution in [2.24, 2.45) is 0 Å². The fourth-order valence-electron chi connectivity index (χ4n) is 2.33. The molecule has 0 aliphatic rings. The smallest absolute Gasteiger partial charge is 0.344 e. The van der Waals surface area contributed by atoms with Crippen molar-refractivity contribution >= 4 is 29.2 Å². The average Bonchev–Trinajstić information content (AvgIpc) is 2.71. The van der Waals surface area contributed by atoms with Crippen LogP contribution in [0.15, 0.2) is 42.5 Å². The van der Waals surface area contributed by atoms with Crippen molar-refractivity contribution in [3.05, 3.63) is 47.5 Å². The van der Waals surface area contributed by atoms with Crippen LogP contribution in [0.2, 0.25) is 5.02 Å². The fourth-order valence-corrected chi connectivity index (χ4v) is 2.51. The molecule has 2 aromatic carbocycles. The molecule has 156 valence electrons. The number of carbonyl (C=O) groups excluding carboxylic acids is 2. The largest absolute Gasteiger partial charge is 0.495 e. The Morgan fingerprint density at radius 2 is 1.76 bits per heavy atom. The van der Waals surface area contributed by atoms with Crippen molar-refractivity contribution in [3.8, 4) is 17.2 Å². The molecule has 0 unspecified atom stereocenters. The monoisotopic (exact) mass is 421 g/mol.